The van der Waals surface area contributed by atoms with E-state index in [0.717, 1.165) is 12.1 Å². The Morgan fingerprint density at radius 2 is 1.70 bits per heavy atom. The standard InChI is InChI=1S/C14H9Br2F3O/c1-20-7-5-10(17)12(11(18)6-7)13(16)8-3-2-4-9(15)14(8)19/h2-6,13H,1H3. The maximum atomic E-state index is 14.0. The summed E-state index contributed by atoms with van der Waals surface area (Å²) < 4.78 is 47.0. The molecule has 1 atom stereocenters. The maximum Gasteiger partial charge on any atom is 0.142 e. The van der Waals surface area contributed by atoms with Gasteiger partial charge in [-0.25, -0.2) is 13.2 Å². The molecule has 0 heterocycles. The van der Waals surface area contributed by atoms with Crippen LogP contribution in [0.15, 0.2) is 34.8 Å². The van der Waals surface area contributed by atoms with Crippen molar-refractivity contribution in [2.75, 3.05) is 7.11 Å². The maximum absolute atomic E-state index is 14.0. The lowest BCUT2D eigenvalue weighted by molar-refractivity contribution is 0.405. The Bertz CT molecular complexity index is 623. The molecule has 0 spiro atoms. The molecule has 0 saturated heterocycles. The Labute approximate surface area is 131 Å². The van der Waals surface area contributed by atoms with Gasteiger partial charge in [0, 0.05) is 23.3 Å². The van der Waals surface area contributed by atoms with Crippen molar-refractivity contribution >= 4 is 31.9 Å². The van der Waals surface area contributed by atoms with Crippen LogP contribution in [-0.2, 0) is 0 Å². The van der Waals surface area contributed by atoms with Crippen LogP contribution in [0.3, 0.4) is 0 Å². The molecule has 20 heavy (non-hydrogen) atoms. The zero-order chi connectivity index (χ0) is 14.9. The molecule has 2 rings (SSSR count). The fourth-order valence-corrected chi connectivity index (χ4v) is 2.97. The molecule has 0 bridgehead atoms. The molecule has 0 aliphatic heterocycles. The van der Waals surface area contributed by atoms with E-state index < -0.39 is 22.3 Å². The van der Waals surface area contributed by atoms with Gasteiger partial charge in [0.25, 0.3) is 0 Å². The van der Waals surface area contributed by atoms with Crippen LogP contribution >= 0.6 is 31.9 Å². The van der Waals surface area contributed by atoms with Gasteiger partial charge in [-0.05, 0) is 22.0 Å². The van der Waals surface area contributed by atoms with Crippen molar-refractivity contribution in [3.63, 3.8) is 0 Å². The monoisotopic (exact) mass is 408 g/mol. The smallest absolute Gasteiger partial charge is 0.142 e. The number of benzene rings is 2. The predicted octanol–water partition coefficient (Wildman–Crippen LogP) is 5.36. The van der Waals surface area contributed by atoms with Crippen LogP contribution in [0.5, 0.6) is 5.75 Å². The van der Waals surface area contributed by atoms with Crippen LogP contribution in [0.2, 0.25) is 0 Å². The molecule has 106 valence electrons. The van der Waals surface area contributed by atoms with E-state index in [9.17, 15) is 13.2 Å². The predicted molar refractivity (Wildman–Crippen MR) is 77.8 cm³/mol. The highest BCUT2D eigenvalue weighted by Crippen LogP contribution is 2.38. The van der Waals surface area contributed by atoms with Crippen molar-refractivity contribution in [3.8, 4) is 5.75 Å². The summed E-state index contributed by atoms with van der Waals surface area (Å²) in [7, 11) is 1.31. The van der Waals surface area contributed by atoms with Crippen LogP contribution in [0, 0.1) is 17.5 Å². The summed E-state index contributed by atoms with van der Waals surface area (Å²) in [6, 6.07) is 6.68. The van der Waals surface area contributed by atoms with Gasteiger partial charge in [0.05, 0.1) is 16.4 Å². The van der Waals surface area contributed by atoms with Crippen LogP contribution in [0.25, 0.3) is 0 Å². The van der Waals surface area contributed by atoms with Crippen LogP contribution in [-0.4, -0.2) is 7.11 Å². The minimum atomic E-state index is -0.939. The summed E-state index contributed by atoms with van der Waals surface area (Å²) in [4.78, 5) is -0.939. The van der Waals surface area contributed by atoms with Crippen LogP contribution < -0.4 is 4.74 Å². The number of methoxy groups -OCH3 is 1. The van der Waals surface area contributed by atoms with Gasteiger partial charge in [-0.15, -0.1) is 0 Å². The van der Waals surface area contributed by atoms with Gasteiger partial charge in [-0.3, -0.25) is 0 Å². The lowest BCUT2D eigenvalue weighted by Crippen LogP contribution is -2.04. The van der Waals surface area contributed by atoms with Gasteiger partial charge in [0.1, 0.15) is 23.2 Å². The third-order valence-electron chi connectivity index (χ3n) is 2.80. The summed E-state index contributed by atoms with van der Waals surface area (Å²) in [5, 5.41) is 0. The highest BCUT2D eigenvalue weighted by Gasteiger charge is 2.24. The van der Waals surface area contributed by atoms with E-state index in [2.05, 4.69) is 31.9 Å². The number of halogens is 5. The molecule has 1 nitrogen and oxygen atoms in total. The zero-order valence-electron chi connectivity index (χ0n) is 10.3. The summed E-state index contributed by atoms with van der Waals surface area (Å²) in [6.45, 7) is 0. The number of ether oxygens (including phenoxy) is 1. The lowest BCUT2D eigenvalue weighted by Gasteiger charge is -2.15. The van der Waals surface area contributed by atoms with Crippen molar-refractivity contribution in [2.24, 2.45) is 0 Å². The van der Waals surface area contributed by atoms with Crippen molar-refractivity contribution in [2.45, 2.75) is 4.83 Å². The molecule has 2 aromatic carbocycles. The third kappa shape index (κ3) is 2.86. The van der Waals surface area contributed by atoms with Crippen LogP contribution in [0.1, 0.15) is 16.0 Å². The molecule has 0 radical (unpaired) electrons. The van der Waals surface area contributed by atoms with Crippen molar-refractivity contribution in [1.29, 1.82) is 0 Å². The topological polar surface area (TPSA) is 9.23 Å². The van der Waals surface area contributed by atoms with Gasteiger partial charge in [0.15, 0.2) is 0 Å². The highest BCUT2D eigenvalue weighted by atomic mass is 79.9. The van der Waals surface area contributed by atoms with Gasteiger partial charge >= 0.3 is 0 Å². The van der Waals surface area contributed by atoms with Crippen LogP contribution in [0.4, 0.5) is 13.2 Å². The highest BCUT2D eigenvalue weighted by molar-refractivity contribution is 9.10. The molecule has 1 unspecified atom stereocenters. The van der Waals surface area contributed by atoms with Gasteiger partial charge in [-0.1, -0.05) is 28.1 Å². The lowest BCUT2D eigenvalue weighted by atomic mass is 10.0. The summed E-state index contributed by atoms with van der Waals surface area (Å²) >= 11 is 6.19. The van der Waals surface area contributed by atoms with Gasteiger partial charge in [0.2, 0.25) is 0 Å². The molecule has 0 aromatic heterocycles. The first-order valence-electron chi connectivity index (χ1n) is 5.56. The van der Waals surface area contributed by atoms with E-state index in [1.165, 1.54) is 19.2 Å². The molecule has 2 aromatic rings. The quantitative estimate of drug-likeness (QED) is 0.620. The van der Waals surface area contributed by atoms with E-state index in [-0.39, 0.29) is 21.3 Å². The average molecular weight is 410 g/mol. The molecule has 0 saturated carbocycles. The average Bonchev–Trinajstić information content (AvgIpc) is 2.40. The molecule has 0 aliphatic rings. The molecule has 0 amide bonds. The van der Waals surface area contributed by atoms with Gasteiger partial charge < -0.3 is 4.74 Å². The fourth-order valence-electron chi connectivity index (χ4n) is 1.79. The second-order valence-electron chi connectivity index (χ2n) is 4.01. The Kier molecular flexibility index (Phi) is 4.75. The summed E-state index contributed by atoms with van der Waals surface area (Å²) in [6.07, 6.45) is 0. The first-order valence-corrected chi connectivity index (χ1v) is 7.27. The normalized spacial score (nSPS) is 12.3. The Morgan fingerprint density at radius 3 is 2.25 bits per heavy atom. The van der Waals surface area contributed by atoms with Gasteiger partial charge in [-0.2, -0.15) is 0 Å². The Hall–Kier alpha value is -1.01. The molecular formula is C14H9Br2F3O. The first-order chi connectivity index (χ1) is 9.45. The minimum absolute atomic E-state index is 0.0677. The molecular weight excluding hydrogens is 401 g/mol. The van der Waals surface area contributed by atoms with E-state index in [0.29, 0.717) is 0 Å². The van der Waals surface area contributed by atoms with E-state index >= 15 is 0 Å². The van der Waals surface area contributed by atoms with Crippen molar-refractivity contribution < 1.29 is 17.9 Å². The number of hydrogen-bond donors (Lipinski definition) is 0. The van der Waals surface area contributed by atoms with Crippen molar-refractivity contribution in [1.82, 2.24) is 0 Å². The SMILES string of the molecule is COc1cc(F)c(C(Br)c2cccc(Br)c2F)c(F)c1. The minimum Gasteiger partial charge on any atom is -0.497 e. The fraction of sp³-hybridized carbons (Fsp3) is 0.143. The largest absolute Gasteiger partial charge is 0.497 e. The second kappa shape index (κ2) is 6.18. The van der Waals surface area contributed by atoms with Crippen molar-refractivity contribution in [3.05, 3.63) is 63.4 Å². The molecule has 0 aliphatic carbocycles. The number of rotatable bonds is 3. The first kappa shape index (κ1) is 15.4. The third-order valence-corrected chi connectivity index (χ3v) is 4.36. The Morgan fingerprint density at radius 1 is 1.10 bits per heavy atom. The molecule has 6 heteroatoms. The van der Waals surface area contributed by atoms with E-state index in [4.69, 9.17) is 4.74 Å². The molecule has 0 fully saturated rings. The number of hydrogen-bond acceptors (Lipinski definition) is 1. The zero-order valence-corrected chi connectivity index (χ0v) is 13.4. The van der Waals surface area contributed by atoms with E-state index in [1.807, 2.05) is 0 Å². The summed E-state index contributed by atoms with van der Waals surface area (Å²) in [5.74, 6) is -2.10. The second-order valence-corrected chi connectivity index (χ2v) is 5.78. The van der Waals surface area contributed by atoms with E-state index in [1.54, 1.807) is 6.07 Å². The molecule has 0 N–H and O–H groups in total. The Balaban J connectivity index is 2.54. The summed E-state index contributed by atoms with van der Waals surface area (Å²) in [5.41, 5.74) is -0.120. The number of alkyl halides is 1.